The summed E-state index contributed by atoms with van der Waals surface area (Å²) in [7, 11) is 0. The molecule has 0 spiro atoms. The summed E-state index contributed by atoms with van der Waals surface area (Å²) in [4.78, 5) is 29.8. The summed E-state index contributed by atoms with van der Waals surface area (Å²) < 4.78 is 13.1. The van der Waals surface area contributed by atoms with Crippen LogP contribution in [-0.4, -0.2) is 42.8 Å². The summed E-state index contributed by atoms with van der Waals surface area (Å²) in [6, 6.07) is 11.4. The fourth-order valence-corrected chi connectivity index (χ4v) is 4.71. The summed E-state index contributed by atoms with van der Waals surface area (Å²) >= 11 is 6.15. The molecule has 2 aromatic carbocycles. The highest BCUT2D eigenvalue weighted by molar-refractivity contribution is 6.31. The van der Waals surface area contributed by atoms with E-state index in [1.807, 2.05) is 36.9 Å². The van der Waals surface area contributed by atoms with E-state index in [9.17, 15) is 14.0 Å². The Morgan fingerprint density at radius 2 is 1.77 bits per heavy atom. The number of likely N-dealkylation sites (tertiary alicyclic amines) is 1. The molecule has 2 heterocycles. The zero-order valence-corrected chi connectivity index (χ0v) is 18.1. The molecule has 2 aliphatic rings. The number of Topliss-reactive ketones (excluding diaryl/α,β-unsaturated/α-hetero) is 1. The number of nitrogens with zero attached hydrogens (tertiary/aromatic N) is 2. The normalized spacial score (nSPS) is 19.2. The average Bonchev–Trinajstić information content (AvgIpc) is 2.92. The van der Waals surface area contributed by atoms with Gasteiger partial charge in [0.25, 0.3) is 0 Å². The van der Waals surface area contributed by atoms with Crippen molar-refractivity contribution >= 4 is 29.0 Å². The standard InChI is InChI=1S/C24H26ClFN2O2/c1-24(2)20-15-18(25)5-8-21(20)28(23(24)30)14-13-27-11-9-17(10-12-27)22(29)16-3-6-19(26)7-4-16/h3-8,15,17H,9-14H2,1-2H3. The molecule has 6 heteroatoms. The van der Waals surface area contributed by atoms with Crippen molar-refractivity contribution in [3.8, 4) is 0 Å². The van der Waals surface area contributed by atoms with Gasteiger partial charge < -0.3 is 9.80 Å². The molecule has 0 bridgehead atoms. The van der Waals surface area contributed by atoms with Crippen LogP contribution in [0.25, 0.3) is 0 Å². The van der Waals surface area contributed by atoms with Gasteiger partial charge in [-0.05, 0) is 87.8 Å². The van der Waals surface area contributed by atoms with E-state index < -0.39 is 5.41 Å². The minimum Gasteiger partial charge on any atom is -0.310 e. The Hall–Kier alpha value is -2.24. The van der Waals surface area contributed by atoms with Crippen LogP contribution in [0.5, 0.6) is 0 Å². The molecule has 2 aliphatic heterocycles. The lowest BCUT2D eigenvalue weighted by molar-refractivity contribution is -0.122. The van der Waals surface area contributed by atoms with Crippen LogP contribution in [0.15, 0.2) is 42.5 Å². The third-order valence-corrected chi connectivity index (χ3v) is 6.66. The van der Waals surface area contributed by atoms with Gasteiger partial charge >= 0.3 is 0 Å². The van der Waals surface area contributed by atoms with Crippen molar-refractivity contribution in [3.05, 3.63) is 64.4 Å². The van der Waals surface area contributed by atoms with Crippen molar-refractivity contribution in [1.29, 1.82) is 0 Å². The molecule has 0 saturated carbocycles. The Bertz CT molecular complexity index is 966. The molecule has 0 atom stereocenters. The highest BCUT2D eigenvalue weighted by Gasteiger charge is 2.43. The van der Waals surface area contributed by atoms with Crippen LogP contribution in [0.3, 0.4) is 0 Å². The predicted molar refractivity (Wildman–Crippen MR) is 117 cm³/mol. The van der Waals surface area contributed by atoms with Gasteiger partial charge in [-0.2, -0.15) is 0 Å². The van der Waals surface area contributed by atoms with Crippen molar-refractivity contribution in [3.63, 3.8) is 0 Å². The zero-order valence-electron chi connectivity index (χ0n) is 17.3. The Balaban J connectivity index is 1.35. The van der Waals surface area contributed by atoms with E-state index in [0.29, 0.717) is 17.1 Å². The van der Waals surface area contributed by atoms with Crippen LogP contribution in [0.1, 0.15) is 42.6 Å². The van der Waals surface area contributed by atoms with Crippen molar-refractivity contribution in [2.75, 3.05) is 31.1 Å². The SMILES string of the molecule is CC1(C)C(=O)N(CCN2CCC(C(=O)c3ccc(F)cc3)CC2)c2ccc(Cl)cc21. The summed E-state index contributed by atoms with van der Waals surface area (Å²) in [5.74, 6) is -0.162. The van der Waals surface area contributed by atoms with E-state index >= 15 is 0 Å². The minimum atomic E-state index is -0.575. The van der Waals surface area contributed by atoms with Crippen LogP contribution in [0.4, 0.5) is 10.1 Å². The lowest BCUT2D eigenvalue weighted by Crippen LogP contribution is -2.43. The first-order valence-corrected chi connectivity index (χ1v) is 10.8. The average molecular weight is 429 g/mol. The lowest BCUT2D eigenvalue weighted by Gasteiger charge is -2.32. The Morgan fingerprint density at radius 1 is 1.10 bits per heavy atom. The van der Waals surface area contributed by atoms with Gasteiger partial charge in [-0.1, -0.05) is 11.6 Å². The molecule has 1 amide bonds. The molecule has 0 unspecified atom stereocenters. The smallest absolute Gasteiger partial charge is 0.237 e. The van der Waals surface area contributed by atoms with Crippen LogP contribution in [0.2, 0.25) is 5.02 Å². The van der Waals surface area contributed by atoms with E-state index in [2.05, 4.69) is 4.90 Å². The second-order valence-corrected chi connectivity index (χ2v) is 9.17. The topological polar surface area (TPSA) is 40.6 Å². The number of carbonyl (C=O) groups excluding carboxylic acids is 2. The van der Waals surface area contributed by atoms with E-state index in [1.54, 1.807) is 12.1 Å². The first kappa shape index (κ1) is 21.0. The Kier molecular flexibility index (Phi) is 5.69. The van der Waals surface area contributed by atoms with Gasteiger partial charge in [0, 0.05) is 35.3 Å². The van der Waals surface area contributed by atoms with Gasteiger partial charge in [0.2, 0.25) is 5.91 Å². The molecule has 0 N–H and O–H groups in total. The molecular weight excluding hydrogens is 403 g/mol. The third-order valence-electron chi connectivity index (χ3n) is 6.43. The number of anilines is 1. The van der Waals surface area contributed by atoms with Gasteiger partial charge in [0.1, 0.15) is 5.82 Å². The molecular formula is C24H26ClFN2O2. The van der Waals surface area contributed by atoms with Crippen LogP contribution in [0, 0.1) is 11.7 Å². The summed E-state index contributed by atoms with van der Waals surface area (Å²) in [5.41, 5.74) is 1.92. The monoisotopic (exact) mass is 428 g/mol. The molecule has 158 valence electrons. The number of carbonyl (C=O) groups is 2. The molecule has 4 rings (SSSR count). The summed E-state index contributed by atoms with van der Waals surface area (Å²) in [5, 5.41) is 0.643. The molecule has 0 aromatic heterocycles. The van der Waals surface area contributed by atoms with Gasteiger partial charge in [0.15, 0.2) is 5.78 Å². The first-order valence-electron chi connectivity index (χ1n) is 10.4. The Morgan fingerprint density at radius 3 is 2.43 bits per heavy atom. The molecule has 2 aromatic rings. The number of hydrogen-bond donors (Lipinski definition) is 0. The number of benzene rings is 2. The van der Waals surface area contributed by atoms with Crippen molar-refractivity contribution in [2.45, 2.75) is 32.1 Å². The van der Waals surface area contributed by atoms with Crippen LogP contribution >= 0.6 is 11.6 Å². The van der Waals surface area contributed by atoms with Crippen LogP contribution in [-0.2, 0) is 10.2 Å². The second-order valence-electron chi connectivity index (χ2n) is 8.73. The molecule has 4 nitrogen and oxygen atoms in total. The van der Waals surface area contributed by atoms with Crippen molar-refractivity contribution < 1.29 is 14.0 Å². The number of amides is 1. The largest absolute Gasteiger partial charge is 0.310 e. The van der Waals surface area contributed by atoms with E-state index in [0.717, 1.165) is 43.7 Å². The maximum atomic E-state index is 13.1. The van der Waals surface area contributed by atoms with E-state index in [-0.39, 0.29) is 23.4 Å². The quantitative estimate of drug-likeness (QED) is 0.648. The summed E-state index contributed by atoms with van der Waals surface area (Å²) in [6.45, 7) is 6.90. The van der Waals surface area contributed by atoms with Gasteiger partial charge in [0.05, 0.1) is 5.41 Å². The third kappa shape index (κ3) is 3.88. The van der Waals surface area contributed by atoms with Crippen molar-refractivity contribution in [1.82, 2.24) is 4.90 Å². The lowest BCUT2D eigenvalue weighted by atomic mass is 9.86. The number of ketones is 1. The highest BCUT2D eigenvalue weighted by Crippen LogP contribution is 2.42. The molecule has 1 fully saturated rings. The molecule has 0 radical (unpaired) electrons. The van der Waals surface area contributed by atoms with Crippen LogP contribution < -0.4 is 4.90 Å². The second kappa shape index (κ2) is 8.12. The number of halogens is 2. The summed E-state index contributed by atoms with van der Waals surface area (Å²) in [6.07, 6.45) is 1.56. The fourth-order valence-electron chi connectivity index (χ4n) is 4.54. The highest BCUT2D eigenvalue weighted by atomic mass is 35.5. The Labute approximate surface area is 181 Å². The zero-order chi connectivity index (χ0) is 21.5. The molecule has 0 aliphatic carbocycles. The number of piperidine rings is 1. The van der Waals surface area contributed by atoms with Gasteiger partial charge in [-0.25, -0.2) is 4.39 Å². The van der Waals surface area contributed by atoms with Gasteiger partial charge in [-0.15, -0.1) is 0 Å². The number of rotatable bonds is 5. The number of fused-ring (bicyclic) bond motifs is 1. The van der Waals surface area contributed by atoms with Gasteiger partial charge in [-0.3, -0.25) is 9.59 Å². The number of hydrogen-bond acceptors (Lipinski definition) is 3. The first-order chi connectivity index (χ1) is 14.3. The van der Waals surface area contributed by atoms with Crippen molar-refractivity contribution in [2.24, 2.45) is 5.92 Å². The predicted octanol–water partition coefficient (Wildman–Crippen LogP) is 4.70. The molecule has 1 saturated heterocycles. The maximum Gasteiger partial charge on any atom is 0.237 e. The minimum absolute atomic E-state index is 0.0260. The fraction of sp³-hybridized carbons (Fsp3) is 0.417. The maximum absolute atomic E-state index is 13.1. The van der Waals surface area contributed by atoms with E-state index in [1.165, 1.54) is 12.1 Å². The van der Waals surface area contributed by atoms with E-state index in [4.69, 9.17) is 11.6 Å². The molecule has 30 heavy (non-hydrogen) atoms.